The summed E-state index contributed by atoms with van der Waals surface area (Å²) >= 11 is 3.17. The number of anilines is 1. The van der Waals surface area contributed by atoms with Gasteiger partial charge in [-0.15, -0.1) is 0 Å². The first-order valence-electron chi connectivity index (χ1n) is 3.69. The predicted octanol–water partition coefficient (Wildman–Crippen LogP) is 0.713. The zero-order valence-electron chi connectivity index (χ0n) is 6.92. The van der Waals surface area contributed by atoms with E-state index >= 15 is 0 Å². The van der Waals surface area contributed by atoms with Crippen LogP contribution in [0.15, 0.2) is 23.2 Å². The highest BCUT2D eigenvalue weighted by Crippen LogP contribution is 2.16. The van der Waals surface area contributed by atoms with Gasteiger partial charge in [-0.3, -0.25) is 0 Å². The van der Waals surface area contributed by atoms with E-state index < -0.39 is 0 Å². The second kappa shape index (κ2) is 3.26. The Balaban J connectivity index is 2.55. The minimum Gasteiger partial charge on any atom is -0.505 e. The molecule has 3 N–H and O–H groups in total. The van der Waals surface area contributed by atoms with Gasteiger partial charge in [0.15, 0.2) is 17.4 Å². The van der Waals surface area contributed by atoms with Crippen molar-refractivity contribution in [1.82, 2.24) is 19.7 Å². The molecule has 7 heteroatoms. The second-order valence-electron chi connectivity index (χ2n) is 2.54. The maximum atomic E-state index is 9.09. The molecule has 2 aromatic heterocycles. The van der Waals surface area contributed by atoms with E-state index in [1.807, 2.05) is 0 Å². The molecule has 2 aromatic rings. The molecule has 0 aliphatic rings. The minimum absolute atomic E-state index is 0.0474. The molecule has 2 rings (SSSR count). The number of aromatic hydroxyl groups is 1. The van der Waals surface area contributed by atoms with Gasteiger partial charge in [-0.25, -0.2) is 14.6 Å². The van der Waals surface area contributed by atoms with Gasteiger partial charge < -0.3 is 10.8 Å². The van der Waals surface area contributed by atoms with Crippen molar-refractivity contribution in [2.75, 3.05) is 5.73 Å². The van der Waals surface area contributed by atoms with Crippen LogP contribution < -0.4 is 5.73 Å². The lowest BCUT2D eigenvalue weighted by Crippen LogP contribution is -2.05. The molecule has 0 aliphatic carbocycles. The van der Waals surface area contributed by atoms with Crippen LogP contribution in [0.3, 0.4) is 0 Å². The normalized spacial score (nSPS) is 10.4. The number of hydrogen-bond acceptors (Lipinski definition) is 5. The molecule has 0 atom stereocenters. The molecular formula is C7H6BrN5O. The smallest absolute Gasteiger partial charge is 0.197 e. The molecular weight excluding hydrogens is 250 g/mol. The van der Waals surface area contributed by atoms with E-state index in [2.05, 4.69) is 31.0 Å². The Bertz CT molecular complexity index is 469. The zero-order valence-corrected chi connectivity index (χ0v) is 8.51. The number of aromatic nitrogens is 4. The van der Waals surface area contributed by atoms with E-state index in [9.17, 15) is 0 Å². The summed E-state index contributed by atoms with van der Waals surface area (Å²) in [6, 6.07) is 0. The molecule has 72 valence electrons. The number of rotatable bonds is 1. The average molecular weight is 256 g/mol. The van der Waals surface area contributed by atoms with Crippen LogP contribution in [0.1, 0.15) is 0 Å². The van der Waals surface area contributed by atoms with Gasteiger partial charge in [0.2, 0.25) is 0 Å². The summed E-state index contributed by atoms with van der Waals surface area (Å²) in [6.07, 6.45) is 4.18. The monoisotopic (exact) mass is 255 g/mol. The predicted molar refractivity (Wildman–Crippen MR) is 52.9 cm³/mol. The Hall–Kier alpha value is -1.63. The number of hydrogen-bond donors (Lipinski definition) is 2. The molecule has 0 unspecified atom stereocenters. The van der Waals surface area contributed by atoms with Crippen LogP contribution in [0.4, 0.5) is 5.82 Å². The maximum Gasteiger partial charge on any atom is 0.197 e. The molecule has 14 heavy (non-hydrogen) atoms. The van der Waals surface area contributed by atoms with Crippen LogP contribution in [-0.2, 0) is 0 Å². The van der Waals surface area contributed by atoms with Crippen molar-refractivity contribution < 1.29 is 5.11 Å². The highest BCUT2D eigenvalue weighted by Gasteiger charge is 2.07. The number of halogens is 1. The van der Waals surface area contributed by atoms with Gasteiger partial charge in [0.1, 0.15) is 4.60 Å². The highest BCUT2D eigenvalue weighted by molar-refractivity contribution is 9.10. The second-order valence-corrected chi connectivity index (χ2v) is 3.36. The Morgan fingerprint density at radius 2 is 2.21 bits per heavy atom. The third-order valence-electron chi connectivity index (χ3n) is 1.54. The number of nitrogens with two attached hydrogens (primary N) is 1. The summed E-state index contributed by atoms with van der Waals surface area (Å²) in [4.78, 5) is 7.97. The quantitative estimate of drug-likeness (QED) is 0.784. The van der Waals surface area contributed by atoms with Gasteiger partial charge in [0, 0.05) is 0 Å². The molecule has 2 heterocycles. The van der Waals surface area contributed by atoms with Crippen molar-refractivity contribution in [2.45, 2.75) is 0 Å². The van der Waals surface area contributed by atoms with E-state index in [1.165, 1.54) is 23.3 Å². The largest absolute Gasteiger partial charge is 0.505 e. The average Bonchev–Trinajstić information content (AvgIpc) is 2.56. The summed E-state index contributed by atoms with van der Waals surface area (Å²) in [7, 11) is 0. The van der Waals surface area contributed by atoms with Crippen molar-refractivity contribution in [1.29, 1.82) is 0 Å². The van der Waals surface area contributed by atoms with Crippen LogP contribution >= 0.6 is 15.9 Å². The Morgan fingerprint density at radius 1 is 1.43 bits per heavy atom. The fourth-order valence-electron chi connectivity index (χ4n) is 0.966. The van der Waals surface area contributed by atoms with Crippen LogP contribution in [-0.4, -0.2) is 24.9 Å². The zero-order chi connectivity index (χ0) is 10.1. The molecule has 0 spiro atoms. The van der Waals surface area contributed by atoms with Crippen LogP contribution in [0.2, 0.25) is 0 Å². The van der Waals surface area contributed by atoms with E-state index in [4.69, 9.17) is 10.8 Å². The number of nitrogens with zero attached hydrogens (tertiary/aromatic N) is 4. The third-order valence-corrected chi connectivity index (χ3v) is 1.92. The molecule has 0 bridgehead atoms. The third kappa shape index (κ3) is 1.53. The summed E-state index contributed by atoms with van der Waals surface area (Å²) in [5, 5.41) is 12.9. The van der Waals surface area contributed by atoms with Gasteiger partial charge in [-0.1, -0.05) is 0 Å². The van der Waals surface area contributed by atoms with Gasteiger partial charge in [-0.05, 0) is 15.9 Å². The van der Waals surface area contributed by atoms with Crippen molar-refractivity contribution >= 4 is 21.7 Å². The Kier molecular flexibility index (Phi) is 2.08. The minimum atomic E-state index is 0.0474. The van der Waals surface area contributed by atoms with Crippen LogP contribution in [0.5, 0.6) is 5.75 Å². The SMILES string of the molecule is Nc1ncc(Br)nc1-n1cc(O)cn1. The molecule has 0 saturated heterocycles. The van der Waals surface area contributed by atoms with Crippen LogP contribution in [0, 0.1) is 0 Å². The van der Waals surface area contributed by atoms with E-state index in [1.54, 1.807) is 0 Å². The fraction of sp³-hybridized carbons (Fsp3) is 0. The van der Waals surface area contributed by atoms with Crippen molar-refractivity contribution in [3.8, 4) is 11.6 Å². The van der Waals surface area contributed by atoms with E-state index in [0.29, 0.717) is 10.4 Å². The lowest BCUT2D eigenvalue weighted by atomic mass is 10.6. The molecule has 0 radical (unpaired) electrons. The van der Waals surface area contributed by atoms with Gasteiger partial charge in [0.25, 0.3) is 0 Å². The van der Waals surface area contributed by atoms with Gasteiger partial charge >= 0.3 is 0 Å². The molecule has 0 saturated carbocycles. The standard InChI is InChI=1S/C7H6BrN5O/c8-5-2-10-6(9)7(12-5)13-3-4(14)1-11-13/h1-3,14H,(H2,9,10). The molecule has 6 nitrogen and oxygen atoms in total. The van der Waals surface area contributed by atoms with Gasteiger partial charge in [0.05, 0.1) is 18.6 Å². The summed E-state index contributed by atoms with van der Waals surface area (Å²) < 4.78 is 1.90. The van der Waals surface area contributed by atoms with Crippen molar-refractivity contribution in [2.24, 2.45) is 0 Å². The van der Waals surface area contributed by atoms with Crippen molar-refractivity contribution in [3.63, 3.8) is 0 Å². The van der Waals surface area contributed by atoms with E-state index in [-0.39, 0.29) is 11.6 Å². The molecule has 0 aromatic carbocycles. The topological polar surface area (TPSA) is 89.8 Å². The van der Waals surface area contributed by atoms with E-state index in [0.717, 1.165) is 0 Å². The summed E-state index contributed by atoms with van der Waals surface area (Å²) in [6.45, 7) is 0. The Morgan fingerprint density at radius 3 is 2.86 bits per heavy atom. The maximum absolute atomic E-state index is 9.09. The first-order chi connectivity index (χ1) is 6.66. The fourth-order valence-corrected chi connectivity index (χ4v) is 1.24. The first kappa shape index (κ1) is 8.95. The Labute approximate surface area is 87.5 Å². The molecule has 0 fully saturated rings. The molecule has 0 aliphatic heterocycles. The summed E-state index contributed by atoms with van der Waals surface area (Å²) in [5.74, 6) is 0.669. The first-order valence-corrected chi connectivity index (χ1v) is 4.48. The summed E-state index contributed by atoms with van der Waals surface area (Å²) in [5.41, 5.74) is 5.59. The lowest BCUT2D eigenvalue weighted by Gasteiger charge is -2.02. The van der Waals surface area contributed by atoms with Gasteiger partial charge in [-0.2, -0.15) is 5.10 Å². The van der Waals surface area contributed by atoms with Crippen molar-refractivity contribution in [3.05, 3.63) is 23.2 Å². The molecule has 0 amide bonds. The lowest BCUT2D eigenvalue weighted by molar-refractivity contribution is 0.475. The van der Waals surface area contributed by atoms with Crippen LogP contribution in [0.25, 0.3) is 5.82 Å². The number of nitrogen functional groups attached to an aromatic ring is 1. The highest BCUT2D eigenvalue weighted by atomic mass is 79.9.